The van der Waals surface area contributed by atoms with Crippen molar-refractivity contribution in [2.75, 3.05) is 18.6 Å². The lowest BCUT2D eigenvalue weighted by molar-refractivity contribution is 0.370. The van der Waals surface area contributed by atoms with E-state index in [1.165, 1.54) is 36.5 Å². The molecule has 112 valence electrons. The van der Waals surface area contributed by atoms with Gasteiger partial charge >= 0.3 is 0 Å². The number of nitrogens with one attached hydrogen (secondary N) is 1. The molecule has 0 aromatic heterocycles. The van der Waals surface area contributed by atoms with Gasteiger partial charge in [0.1, 0.15) is 11.6 Å². The van der Waals surface area contributed by atoms with Crippen molar-refractivity contribution in [2.24, 2.45) is 5.92 Å². The van der Waals surface area contributed by atoms with Crippen LogP contribution in [0.25, 0.3) is 0 Å². The molecule has 1 aromatic rings. The van der Waals surface area contributed by atoms with Crippen LogP contribution >= 0.6 is 27.7 Å². The normalized spacial score (nSPS) is 18.2. The summed E-state index contributed by atoms with van der Waals surface area (Å²) in [5, 5.41) is 3.22. The first-order valence-electron chi connectivity index (χ1n) is 6.99. The van der Waals surface area contributed by atoms with E-state index in [0.29, 0.717) is 16.8 Å². The average Bonchev–Trinajstić information content (AvgIpc) is 2.47. The van der Waals surface area contributed by atoms with Gasteiger partial charge in [0, 0.05) is 11.6 Å². The second-order valence-electron chi connectivity index (χ2n) is 5.30. The van der Waals surface area contributed by atoms with E-state index in [1.54, 1.807) is 0 Å². The third kappa shape index (κ3) is 4.18. The van der Waals surface area contributed by atoms with Crippen molar-refractivity contribution in [3.8, 4) is 0 Å². The van der Waals surface area contributed by atoms with Crippen LogP contribution in [-0.2, 0) is 6.42 Å². The molecular formula is C15H20BrF2NS. The zero-order valence-corrected chi connectivity index (χ0v) is 14.0. The van der Waals surface area contributed by atoms with Crippen LogP contribution in [0.5, 0.6) is 0 Å². The van der Waals surface area contributed by atoms with Gasteiger partial charge in [0.25, 0.3) is 0 Å². The van der Waals surface area contributed by atoms with Crippen molar-refractivity contribution in [1.82, 2.24) is 5.32 Å². The second kappa shape index (κ2) is 7.76. The highest BCUT2D eigenvalue weighted by Crippen LogP contribution is 2.28. The maximum atomic E-state index is 14.0. The molecule has 0 aliphatic carbocycles. The van der Waals surface area contributed by atoms with Gasteiger partial charge in [-0.05, 0) is 78.2 Å². The van der Waals surface area contributed by atoms with Gasteiger partial charge in [-0.2, -0.15) is 11.8 Å². The first kappa shape index (κ1) is 16.2. The lowest BCUT2D eigenvalue weighted by atomic mass is 9.91. The maximum Gasteiger partial charge on any atom is 0.143 e. The highest BCUT2D eigenvalue weighted by molar-refractivity contribution is 9.10. The molecule has 0 saturated carbocycles. The van der Waals surface area contributed by atoms with Gasteiger partial charge in [-0.3, -0.25) is 0 Å². The van der Waals surface area contributed by atoms with Gasteiger partial charge < -0.3 is 5.32 Å². The lowest BCUT2D eigenvalue weighted by Crippen LogP contribution is -2.31. The molecule has 5 heteroatoms. The summed E-state index contributed by atoms with van der Waals surface area (Å²) in [6.45, 7) is 0. The first-order chi connectivity index (χ1) is 9.61. The molecule has 1 atom stereocenters. The molecule has 1 aliphatic rings. The van der Waals surface area contributed by atoms with Crippen molar-refractivity contribution in [3.63, 3.8) is 0 Å². The molecule has 0 radical (unpaired) electrons. The Morgan fingerprint density at radius 1 is 1.35 bits per heavy atom. The van der Waals surface area contributed by atoms with E-state index in [4.69, 9.17) is 0 Å². The van der Waals surface area contributed by atoms with Crippen molar-refractivity contribution >= 4 is 27.7 Å². The van der Waals surface area contributed by atoms with Crippen LogP contribution in [0.1, 0.15) is 24.8 Å². The molecule has 1 aliphatic heterocycles. The Hall–Kier alpha value is -0.130. The number of hydrogen-bond acceptors (Lipinski definition) is 2. The summed E-state index contributed by atoms with van der Waals surface area (Å²) in [6.07, 6.45) is 3.82. The molecule has 1 N–H and O–H groups in total. The van der Waals surface area contributed by atoms with E-state index in [2.05, 4.69) is 21.2 Å². The fourth-order valence-corrected chi connectivity index (χ4v) is 4.27. The molecular weight excluding hydrogens is 344 g/mol. The zero-order valence-electron chi connectivity index (χ0n) is 11.6. The number of rotatable bonds is 5. The average molecular weight is 364 g/mol. The van der Waals surface area contributed by atoms with Gasteiger partial charge in [-0.25, -0.2) is 8.78 Å². The van der Waals surface area contributed by atoms with Crippen molar-refractivity contribution in [2.45, 2.75) is 31.7 Å². The molecule has 1 heterocycles. The number of benzene rings is 1. The summed E-state index contributed by atoms with van der Waals surface area (Å²) >= 11 is 5.12. The topological polar surface area (TPSA) is 12.0 Å². The summed E-state index contributed by atoms with van der Waals surface area (Å²) in [7, 11) is 1.87. The fraction of sp³-hybridized carbons (Fsp3) is 0.600. The van der Waals surface area contributed by atoms with Crippen LogP contribution < -0.4 is 5.32 Å². The minimum Gasteiger partial charge on any atom is -0.317 e. The predicted octanol–water partition coefficient (Wildman–Crippen LogP) is 4.39. The standard InChI is InChI=1S/C15H20BrF2NS/c1-19-11(8-10-4-6-20-7-5-10)9-12-14(17)3-2-13(16)15(12)18/h2-3,10-11,19H,4-9H2,1H3. The highest BCUT2D eigenvalue weighted by Gasteiger charge is 2.21. The number of hydrogen-bond donors (Lipinski definition) is 1. The van der Waals surface area contributed by atoms with E-state index in [1.807, 2.05) is 18.8 Å². The van der Waals surface area contributed by atoms with Crippen molar-refractivity contribution in [1.29, 1.82) is 0 Å². The third-order valence-corrected chi connectivity index (χ3v) is 5.62. The summed E-state index contributed by atoms with van der Waals surface area (Å²) in [6, 6.07) is 2.87. The maximum absolute atomic E-state index is 14.0. The minimum absolute atomic E-state index is 0.126. The molecule has 1 fully saturated rings. The Morgan fingerprint density at radius 3 is 2.70 bits per heavy atom. The zero-order chi connectivity index (χ0) is 14.5. The second-order valence-corrected chi connectivity index (χ2v) is 7.38. The highest BCUT2D eigenvalue weighted by atomic mass is 79.9. The van der Waals surface area contributed by atoms with Crippen LogP contribution in [0.3, 0.4) is 0 Å². The molecule has 2 rings (SSSR count). The van der Waals surface area contributed by atoms with Gasteiger partial charge in [0.05, 0.1) is 4.47 Å². The largest absolute Gasteiger partial charge is 0.317 e. The summed E-state index contributed by atoms with van der Waals surface area (Å²) in [5.41, 5.74) is 0.184. The Bertz CT molecular complexity index is 450. The Morgan fingerprint density at radius 2 is 2.05 bits per heavy atom. The molecule has 1 saturated heterocycles. The van der Waals surface area contributed by atoms with Crippen LogP contribution in [0.4, 0.5) is 8.78 Å². The van der Waals surface area contributed by atoms with Crippen molar-refractivity contribution < 1.29 is 8.78 Å². The summed E-state index contributed by atoms with van der Waals surface area (Å²) < 4.78 is 28.2. The molecule has 1 aromatic carbocycles. The summed E-state index contributed by atoms with van der Waals surface area (Å²) in [5.74, 6) is 2.17. The fourth-order valence-electron chi connectivity index (χ4n) is 2.69. The van der Waals surface area contributed by atoms with Crippen molar-refractivity contribution in [3.05, 3.63) is 33.8 Å². The van der Waals surface area contributed by atoms with E-state index in [-0.39, 0.29) is 11.6 Å². The van der Waals surface area contributed by atoms with Crippen LogP contribution in [0.15, 0.2) is 16.6 Å². The lowest BCUT2D eigenvalue weighted by Gasteiger charge is -2.26. The minimum atomic E-state index is -0.468. The Kier molecular flexibility index (Phi) is 6.30. The van der Waals surface area contributed by atoms with E-state index in [9.17, 15) is 8.78 Å². The molecule has 20 heavy (non-hydrogen) atoms. The molecule has 1 unspecified atom stereocenters. The number of thioether (sulfide) groups is 1. The van der Waals surface area contributed by atoms with Crippen LogP contribution in [0, 0.1) is 17.6 Å². The Labute approximate surface area is 132 Å². The van der Waals surface area contributed by atoms with Gasteiger partial charge in [-0.1, -0.05) is 0 Å². The third-order valence-electron chi connectivity index (χ3n) is 3.96. The number of halogens is 3. The van der Waals surface area contributed by atoms with Gasteiger partial charge in [-0.15, -0.1) is 0 Å². The van der Waals surface area contributed by atoms with Crippen LogP contribution in [-0.4, -0.2) is 24.6 Å². The van der Waals surface area contributed by atoms with Crippen LogP contribution in [0.2, 0.25) is 0 Å². The monoisotopic (exact) mass is 363 g/mol. The SMILES string of the molecule is CNC(Cc1c(F)ccc(Br)c1F)CC1CCSCC1. The Balaban J connectivity index is 2.04. The smallest absolute Gasteiger partial charge is 0.143 e. The van der Waals surface area contributed by atoms with E-state index in [0.717, 1.165) is 6.42 Å². The van der Waals surface area contributed by atoms with E-state index < -0.39 is 11.6 Å². The molecule has 0 bridgehead atoms. The van der Waals surface area contributed by atoms with E-state index >= 15 is 0 Å². The quantitative estimate of drug-likeness (QED) is 0.778. The van der Waals surface area contributed by atoms with Gasteiger partial charge in [0.15, 0.2) is 0 Å². The van der Waals surface area contributed by atoms with Gasteiger partial charge in [0.2, 0.25) is 0 Å². The first-order valence-corrected chi connectivity index (χ1v) is 8.94. The molecule has 0 spiro atoms. The summed E-state index contributed by atoms with van der Waals surface area (Å²) in [4.78, 5) is 0. The molecule has 0 amide bonds. The number of likely N-dealkylation sites (N-methyl/N-ethyl adjacent to an activating group) is 1. The predicted molar refractivity (Wildman–Crippen MR) is 85.3 cm³/mol. The molecule has 1 nitrogen and oxygen atoms in total.